The molecular formula is C19H21NO3. The molecule has 2 aromatic rings. The van der Waals surface area contributed by atoms with Gasteiger partial charge in [-0.2, -0.15) is 0 Å². The fraction of sp³-hybridized carbons (Fsp3) is 0.263. The van der Waals surface area contributed by atoms with E-state index >= 15 is 0 Å². The number of nitrogens with zero attached hydrogens (tertiary/aromatic N) is 1. The maximum Gasteiger partial charge on any atom is 0.412 e. The Balaban J connectivity index is 2.28. The molecule has 2 rings (SSSR count). The van der Waals surface area contributed by atoms with Crippen molar-refractivity contribution >= 4 is 18.1 Å². The van der Waals surface area contributed by atoms with Gasteiger partial charge in [-0.1, -0.05) is 36.4 Å². The number of carbonyl (C=O) groups is 2. The van der Waals surface area contributed by atoms with Crippen LogP contribution in [0.4, 0.5) is 10.5 Å². The van der Waals surface area contributed by atoms with Crippen LogP contribution in [0.5, 0.6) is 0 Å². The monoisotopic (exact) mass is 311 g/mol. The summed E-state index contributed by atoms with van der Waals surface area (Å²) in [5, 5.41) is 9.49. The second kappa shape index (κ2) is 6.65. The van der Waals surface area contributed by atoms with E-state index in [-0.39, 0.29) is 0 Å². The summed E-state index contributed by atoms with van der Waals surface area (Å²) in [6.45, 7) is 5.60. The summed E-state index contributed by atoms with van der Waals surface area (Å²) in [4.78, 5) is 23.6. The van der Waals surface area contributed by atoms with Crippen LogP contribution >= 0.6 is 0 Å². The zero-order chi connectivity index (χ0) is 17.0. The Labute approximate surface area is 136 Å². The van der Waals surface area contributed by atoms with Gasteiger partial charge >= 0.3 is 6.09 Å². The molecule has 0 aliphatic heterocycles. The maximum absolute atomic E-state index is 11.6. The zero-order valence-electron chi connectivity index (χ0n) is 13.6. The molecule has 0 atom stereocenters. The number of hydrogen-bond donors (Lipinski definition) is 1. The van der Waals surface area contributed by atoms with Crippen LogP contribution in [0.3, 0.4) is 0 Å². The number of rotatable bonds is 4. The lowest BCUT2D eigenvalue weighted by Gasteiger charge is -2.33. The molecule has 0 aliphatic rings. The Hall–Kier alpha value is -2.62. The molecule has 1 amide bonds. The molecule has 0 spiro atoms. The third-order valence-electron chi connectivity index (χ3n) is 3.55. The Kier molecular flexibility index (Phi) is 4.84. The molecular weight excluding hydrogens is 290 g/mol. The maximum atomic E-state index is 11.6. The fourth-order valence-corrected chi connectivity index (χ4v) is 2.54. The molecule has 120 valence electrons. The highest BCUT2D eigenvalue weighted by molar-refractivity contribution is 5.87. The van der Waals surface area contributed by atoms with E-state index in [1.807, 2.05) is 51.1 Å². The van der Waals surface area contributed by atoms with E-state index in [9.17, 15) is 14.7 Å². The third-order valence-corrected chi connectivity index (χ3v) is 3.55. The van der Waals surface area contributed by atoms with Crippen molar-refractivity contribution < 1.29 is 14.7 Å². The molecule has 1 N–H and O–H groups in total. The highest BCUT2D eigenvalue weighted by Gasteiger charge is 2.27. The minimum absolute atomic E-state index is 0.518. The molecule has 0 heterocycles. The average molecular weight is 311 g/mol. The molecule has 0 radical (unpaired) electrons. The predicted molar refractivity (Wildman–Crippen MR) is 91.3 cm³/mol. The fourth-order valence-electron chi connectivity index (χ4n) is 2.54. The Morgan fingerprint density at radius 3 is 2.26 bits per heavy atom. The molecule has 0 aliphatic carbocycles. The molecule has 0 aromatic heterocycles. The second-order valence-electron chi connectivity index (χ2n) is 6.49. The average Bonchev–Trinajstić information content (AvgIpc) is 2.46. The van der Waals surface area contributed by atoms with Crippen molar-refractivity contribution in [1.29, 1.82) is 0 Å². The van der Waals surface area contributed by atoms with Crippen molar-refractivity contribution in [1.82, 2.24) is 0 Å². The van der Waals surface area contributed by atoms with Crippen molar-refractivity contribution in [2.75, 3.05) is 4.90 Å². The number of carboxylic acid groups (broad SMARTS) is 1. The molecule has 23 heavy (non-hydrogen) atoms. The van der Waals surface area contributed by atoms with Gasteiger partial charge in [0.25, 0.3) is 0 Å². The van der Waals surface area contributed by atoms with E-state index in [1.165, 1.54) is 4.90 Å². The van der Waals surface area contributed by atoms with Crippen molar-refractivity contribution in [3.63, 3.8) is 0 Å². The van der Waals surface area contributed by atoms with Gasteiger partial charge in [0, 0.05) is 16.8 Å². The first-order chi connectivity index (χ1) is 10.8. The van der Waals surface area contributed by atoms with E-state index in [1.54, 1.807) is 18.2 Å². The van der Waals surface area contributed by atoms with Gasteiger partial charge in [-0.25, -0.2) is 4.79 Å². The van der Waals surface area contributed by atoms with Crippen LogP contribution in [-0.2, 0) is 6.42 Å². The number of hydrogen-bond acceptors (Lipinski definition) is 2. The van der Waals surface area contributed by atoms with Crippen LogP contribution in [0.1, 0.15) is 42.3 Å². The molecule has 0 unspecified atom stereocenters. The smallest absolute Gasteiger partial charge is 0.412 e. The van der Waals surface area contributed by atoms with Crippen LogP contribution in [0, 0.1) is 0 Å². The summed E-state index contributed by atoms with van der Waals surface area (Å²) in [7, 11) is 0. The Morgan fingerprint density at radius 1 is 1.09 bits per heavy atom. The van der Waals surface area contributed by atoms with Gasteiger partial charge in [0.2, 0.25) is 0 Å². The molecule has 0 fully saturated rings. The SMILES string of the molecule is CC(C)(C)N(C(=O)O)c1cccc(Cc2ccc(C=O)cc2)c1. The van der Waals surface area contributed by atoms with Gasteiger partial charge in [0.1, 0.15) is 6.29 Å². The standard InChI is InChI=1S/C19H21NO3/c1-19(2,3)20(18(22)23)17-6-4-5-16(12-17)11-14-7-9-15(13-21)10-8-14/h4-10,12-13H,11H2,1-3H3,(H,22,23). The van der Waals surface area contributed by atoms with Crippen LogP contribution in [0.25, 0.3) is 0 Å². The number of anilines is 1. The first-order valence-electron chi connectivity index (χ1n) is 7.47. The van der Waals surface area contributed by atoms with Crippen molar-refractivity contribution in [2.45, 2.75) is 32.7 Å². The molecule has 4 nitrogen and oxygen atoms in total. The molecule has 0 saturated carbocycles. The minimum atomic E-state index is -0.968. The topological polar surface area (TPSA) is 57.6 Å². The van der Waals surface area contributed by atoms with Gasteiger partial charge < -0.3 is 5.11 Å². The van der Waals surface area contributed by atoms with Gasteiger partial charge in [-0.3, -0.25) is 9.69 Å². The first-order valence-corrected chi connectivity index (χ1v) is 7.47. The number of aldehydes is 1. The zero-order valence-corrected chi connectivity index (χ0v) is 13.6. The normalized spacial score (nSPS) is 11.1. The molecule has 0 saturated heterocycles. The van der Waals surface area contributed by atoms with Gasteiger partial charge in [0.15, 0.2) is 0 Å². The summed E-state index contributed by atoms with van der Waals surface area (Å²) in [5.41, 5.74) is 2.89. The second-order valence-corrected chi connectivity index (χ2v) is 6.49. The summed E-state index contributed by atoms with van der Waals surface area (Å²) < 4.78 is 0. The van der Waals surface area contributed by atoms with Gasteiger partial charge in [0.05, 0.1) is 0 Å². The molecule has 0 bridgehead atoms. The first kappa shape index (κ1) is 16.7. The number of amides is 1. The molecule has 4 heteroatoms. The Bertz CT molecular complexity index is 699. The minimum Gasteiger partial charge on any atom is -0.465 e. The van der Waals surface area contributed by atoms with Crippen molar-refractivity contribution in [3.8, 4) is 0 Å². The lowest BCUT2D eigenvalue weighted by atomic mass is 10.0. The molecule has 2 aromatic carbocycles. The van der Waals surface area contributed by atoms with E-state index in [0.29, 0.717) is 17.7 Å². The summed E-state index contributed by atoms with van der Waals surface area (Å²) >= 11 is 0. The van der Waals surface area contributed by atoms with Crippen LogP contribution in [0.15, 0.2) is 48.5 Å². The van der Waals surface area contributed by atoms with E-state index in [2.05, 4.69) is 0 Å². The highest BCUT2D eigenvalue weighted by atomic mass is 16.4. The third kappa shape index (κ3) is 4.19. The largest absolute Gasteiger partial charge is 0.465 e. The van der Waals surface area contributed by atoms with E-state index in [0.717, 1.165) is 17.4 Å². The summed E-state index contributed by atoms with van der Waals surface area (Å²) in [5.74, 6) is 0. The van der Waals surface area contributed by atoms with Gasteiger partial charge in [-0.15, -0.1) is 0 Å². The lowest BCUT2D eigenvalue weighted by molar-refractivity contribution is 0.112. The quantitative estimate of drug-likeness (QED) is 0.853. The predicted octanol–water partition coefficient (Wildman–Crippen LogP) is 4.37. The summed E-state index contributed by atoms with van der Waals surface area (Å²) in [6.07, 6.45) is 0.535. The van der Waals surface area contributed by atoms with E-state index < -0.39 is 11.6 Å². The number of benzene rings is 2. The van der Waals surface area contributed by atoms with E-state index in [4.69, 9.17) is 0 Å². The highest BCUT2D eigenvalue weighted by Crippen LogP contribution is 2.25. The van der Waals surface area contributed by atoms with Crippen molar-refractivity contribution in [3.05, 3.63) is 65.2 Å². The van der Waals surface area contributed by atoms with Crippen LogP contribution in [0.2, 0.25) is 0 Å². The number of carbonyl (C=O) groups excluding carboxylic acids is 1. The lowest BCUT2D eigenvalue weighted by Crippen LogP contribution is -2.45. The van der Waals surface area contributed by atoms with Crippen molar-refractivity contribution in [2.24, 2.45) is 0 Å². The van der Waals surface area contributed by atoms with Crippen LogP contribution < -0.4 is 4.90 Å². The van der Waals surface area contributed by atoms with Gasteiger partial charge in [-0.05, 0) is 50.5 Å². The van der Waals surface area contributed by atoms with Crippen LogP contribution in [-0.4, -0.2) is 23.0 Å². The summed E-state index contributed by atoms with van der Waals surface area (Å²) in [6, 6.07) is 14.9. The Morgan fingerprint density at radius 2 is 1.74 bits per heavy atom.